The quantitative estimate of drug-likeness (QED) is 0.799. The second-order valence-corrected chi connectivity index (χ2v) is 4.53. The predicted molar refractivity (Wildman–Crippen MR) is 75.1 cm³/mol. The largest absolute Gasteiger partial charge is 0.325 e. The van der Waals surface area contributed by atoms with Gasteiger partial charge in [-0.2, -0.15) is 0 Å². The Morgan fingerprint density at radius 3 is 2.78 bits per heavy atom. The number of nitrogens with two attached hydrogens (primary N) is 1. The third kappa shape index (κ3) is 5.03. The number of nitrogens with one attached hydrogen (secondary N) is 1. The smallest absolute Gasteiger partial charge is 0.224 e. The first-order chi connectivity index (χ1) is 8.63. The van der Waals surface area contributed by atoms with Crippen LogP contribution in [0.25, 0.3) is 0 Å². The van der Waals surface area contributed by atoms with Gasteiger partial charge >= 0.3 is 0 Å². The van der Waals surface area contributed by atoms with E-state index < -0.39 is 0 Å². The summed E-state index contributed by atoms with van der Waals surface area (Å²) in [6.45, 7) is 4.53. The van der Waals surface area contributed by atoms with Crippen LogP contribution in [0.5, 0.6) is 0 Å². The van der Waals surface area contributed by atoms with E-state index in [2.05, 4.69) is 31.0 Å². The van der Waals surface area contributed by atoms with Gasteiger partial charge in [0, 0.05) is 12.0 Å². The average Bonchev–Trinajstić information content (AvgIpc) is 2.35. The molecule has 3 N–H and O–H groups in total. The summed E-state index contributed by atoms with van der Waals surface area (Å²) in [4.78, 5) is 11.8. The molecule has 1 aromatic carbocycles. The predicted octanol–water partition coefficient (Wildman–Crippen LogP) is 2.37. The Bertz CT molecular complexity index is 455. The second kappa shape index (κ2) is 7.52. The van der Waals surface area contributed by atoms with Crippen LogP contribution in [0.4, 0.5) is 5.69 Å². The number of benzene rings is 1. The maximum absolute atomic E-state index is 11.8. The van der Waals surface area contributed by atoms with Crippen molar-refractivity contribution in [3.63, 3.8) is 0 Å². The molecule has 0 aliphatic rings. The lowest BCUT2D eigenvalue weighted by molar-refractivity contribution is -0.116. The number of hydrogen-bond acceptors (Lipinski definition) is 2. The van der Waals surface area contributed by atoms with Gasteiger partial charge in [0.25, 0.3) is 0 Å². The van der Waals surface area contributed by atoms with Crippen LogP contribution in [0.2, 0.25) is 0 Å². The first-order valence-corrected chi connectivity index (χ1v) is 6.21. The molecule has 0 unspecified atom stereocenters. The summed E-state index contributed by atoms with van der Waals surface area (Å²) < 4.78 is 0. The zero-order valence-corrected chi connectivity index (χ0v) is 11.0. The van der Waals surface area contributed by atoms with Crippen molar-refractivity contribution in [1.29, 1.82) is 0 Å². The number of anilines is 1. The van der Waals surface area contributed by atoms with Crippen molar-refractivity contribution < 1.29 is 4.79 Å². The fourth-order valence-corrected chi connectivity index (χ4v) is 1.48. The van der Waals surface area contributed by atoms with Gasteiger partial charge in [-0.05, 0) is 24.5 Å². The Kier molecular flexibility index (Phi) is 5.96. The highest BCUT2D eigenvalue weighted by Crippen LogP contribution is 2.14. The molecule has 0 radical (unpaired) electrons. The van der Waals surface area contributed by atoms with Crippen LogP contribution >= 0.6 is 0 Å². The van der Waals surface area contributed by atoms with Crippen molar-refractivity contribution in [2.45, 2.75) is 26.7 Å². The SMILES string of the molecule is CC(C)CCC(=O)Nc1ccccc1C#CCN. The summed E-state index contributed by atoms with van der Waals surface area (Å²) in [5, 5.41) is 2.89. The average molecular weight is 244 g/mol. The molecule has 3 heteroatoms. The van der Waals surface area contributed by atoms with Crippen LogP contribution in [0.15, 0.2) is 24.3 Å². The fraction of sp³-hybridized carbons (Fsp3) is 0.400. The van der Waals surface area contributed by atoms with E-state index in [1.807, 2.05) is 24.3 Å². The van der Waals surface area contributed by atoms with Gasteiger partial charge in [0.1, 0.15) is 0 Å². The van der Waals surface area contributed by atoms with Gasteiger partial charge in [0.15, 0.2) is 0 Å². The number of para-hydroxylation sites is 1. The first kappa shape index (κ1) is 14.3. The molecule has 0 spiro atoms. The van der Waals surface area contributed by atoms with Gasteiger partial charge in [-0.1, -0.05) is 37.8 Å². The molecule has 0 aromatic heterocycles. The maximum Gasteiger partial charge on any atom is 0.224 e. The van der Waals surface area contributed by atoms with E-state index in [0.29, 0.717) is 18.9 Å². The Balaban J connectivity index is 2.69. The molecule has 1 amide bonds. The molecular formula is C15H20N2O. The molecular weight excluding hydrogens is 224 g/mol. The molecule has 0 aliphatic carbocycles. The van der Waals surface area contributed by atoms with E-state index in [4.69, 9.17) is 5.73 Å². The topological polar surface area (TPSA) is 55.1 Å². The molecule has 1 aromatic rings. The van der Waals surface area contributed by atoms with E-state index in [-0.39, 0.29) is 5.91 Å². The number of carbonyl (C=O) groups is 1. The minimum absolute atomic E-state index is 0.0331. The van der Waals surface area contributed by atoms with E-state index >= 15 is 0 Å². The molecule has 96 valence electrons. The summed E-state index contributed by atoms with van der Waals surface area (Å²) >= 11 is 0. The lowest BCUT2D eigenvalue weighted by Gasteiger charge is -2.08. The van der Waals surface area contributed by atoms with E-state index in [0.717, 1.165) is 17.7 Å². The summed E-state index contributed by atoms with van der Waals surface area (Å²) in [6, 6.07) is 7.50. The molecule has 0 fully saturated rings. The number of carbonyl (C=O) groups excluding carboxylic acids is 1. The monoisotopic (exact) mass is 244 g/mol. The summed E-state index contributed by atoms with van der Waals surface area (Å²) in [6.07, 6.45) is 1.43. The van der Waals surface area contributed by atoms with Gasteiger partial charge in [-0.25, -0.2) is 0 Å². The highest BCUT2D eigenvalue weighted by Gasteiger charge is 2.06. The van der Waals surface area contributed by atoms with Crippen molar-refractivity contribution in [1.82, 2.24) is 0 Å². The van der Waals surface area contributed by atoms with Crippen LogP contribution in [0.3, 0.4) is 0 Å². The van der Waals surface area contributed by atoms with Gasteiger partial charge in [0.2, 0.25) is 5.91 Å². The molecule has 0 atom stereocenters. The number of amides is 1. The molecule has 3 nitrogen and oxygen atoms in total. The van der Waals surface area contributed by atoms with Crippen LogP contribution in [-0.2, 0) is 4.79 Å². The molecule has 0 heterocycles. The zero-order chi connectivity index (χ0) is 13.4. The lowest BCUT2D eigenvalue weighted by atomic mass is 10.1. The molecule has 18 heavy (non-hydrogen) atoms. The fourth-order valence-electron chi connectivity index (χ4n) is 1.48. The third-order valence-corrected chi connectivity index (χ3v) is 2.48. The highest BCUT2D eigenvalue weighted by atomic mass is 16.1. The molecule has 1 rings (SSSR count). The first-order valence-electron chi connectivity index (χ1n) is 6.21. The van der Waals surface area contributed by atoms with Crippen LogP contribution < -0.4 is 11.1 Å². The van der Waals surface area contributed by atoms with Crippen molar-refractivity contribution in [2.24, 2.45) is 11.7 Å². The van der Waals surface area contributed by atoms with E-state index in [9.17, 15) is 4.79 Å². The summed E-state index contributed by atoms with van der Waals surface area (Å²) in [5.74, 6) is 6.31. The molecule has 0 saturated heterocycles. The minimum Gasteiger partial charge on any atom is -0.325 e. The van der Waals surface area contributed by atoms with Gasteiger partial charge in [-0.3, -0.25) is 4.79 Å². The van der Waals surface area contributed by atoms with E-state index in [1.165, 1.54) is 0 Å². The summed E-state index contributed by atoms with van der Waals surface area (Å²) in [7, 11) is 0. The second-order valence-electron chi connectivity index (χ2n) is 4.53. The molecule has 0 saturated carbocycles. The standard InChI is InChI=1S/C15H20N2O/c1-12(2)9-10-15(18)17-14-8-4-3-6-13(14)7-5-11-16/h3-4,6,8,12H,9-11,16H2,1-2H3,(H,17,18). The lowest BCUT2D eigenvalue weighted by Crippen LogP contribution is -2.13. The Morgan fingerprint density at radius 2 is 2.11 bits per heavy atom. The van der Waals surface area contributed by atoms with Crippen molar-refractivity contribution in [3.05, 3.63) is 29.8 Å². The van der Waals surface area contributed by atoms with Gasteiger partial charge in [-0.15, -0.1) is 0 Å². The summed E-state index contributed by atoms with van der Waals surface area (Å²) in [5.41, 5.74) is 6.91. The Morgan fingerprint density at radius 1 is 1.39 bits per heavy atom. The molecule has 0 bridgehead atoms. The van der Waals surface area contributed by atoms with Crippen molar-refractivity contribution in [2.75, 3.05) is 11.9 Å². The Hall–Kier alpha value is -1.79. The van der Waals surface area contributed by atoms with Crippen molar-refractivity contribution >= 4 is 11.6 Å². The van der Waals surface area contributed by atoms with Crippen LogP contribution in [0.1, 0.15) is 32.3 Å². The number of hydrogen-bond donors (Lipinski definition) is 2. The normalized spacial score (nSPS) is 9.78. The molecule has 0 aliphatic heterocycles. The van der Waals surface area contributed by atoms with E-state index in [1.54, 1.807) is 0 Å². The Labute approximate surface area is 109 Å². The highest BCUT2D eigenvalue weighted by molar-refractivity contribution is 5.92. The van der Waals surface area contributed by atoms with Crippen LogP contribution in [-0.4, -0.2) is 12.5 Å². The zero-order valence-electron chi connectivity index (χ0n) is 11.0. The van der Waals surface area contributed by atoms with Crippen molar-refractivity contribution in [3.8, 4) is 11.8 Å². The van der Waals surface area contributed by atoms with Gasteiger partial charge < -0.3 is 11.1 Å². The third-order valence-electron chi connectivity index (χ3n) is 2.48. The number of rotatable bonds is 4. The minimum atomic E-state index is 0.0331. The van der Waals surface area contributed by atoms with Gasteiger partial charge in [0.05, 0.1) is 12.2 Å². The van der Waals surface area contributed by atoms with Crippen LogP contribution in [0, 0.1) is 17.8 Å². The maximum atomic E-state index is 11.8.